The summed E-state index contributed by atoms with van der Waals surface area (Å²) in [6, 6.07) is -1.01. The molecule has 1 unspecified atom stereocenters. The Morgan fingerprint density at radius 1 is 1.62 bits per heavy atom. The van der Waals surface area contributed by atoms with E-state index < -0.39 is 12.0 Å². The third-order valence-corrected chi connectivity index (χ3v) is 1.79. The third-order valence-electron chi connectivity index (χ3n) is 1.79. The van der Waals surface area contributed by atoms with Crippen LogP contribution in [0.1, 0.15) is 20.3 Å². The number of carboxylic acids is 1. The smallest absolute Gasteiger partial charge is 0.127 e. The first kappa shape index (κ1) is 11.5. The molecule has 0 aromatic carbocycles. The van der Waals surface area contributed by atoms with Crippen molar-refractivity contribution in [2.24, 2.45) is 5.28 Å². The molecule has 1 saturated heterocycles. The Balaban J connectivity index is 0.00000144. The Bertz CT molecular complexity index is 218. The molecule has 0 aromatic rings. The first-order valence-corrected chi connectivity index (χ1v) is 3.44. The van der Waals surface area contributed by atoms with E-state index in [2.05, 4.69) is 5.28 Å². The van der Waals surface area contributed by atoms with Crippen LogP contribution in [0.4, 0.5) is 0 Å². The van der Waals surface area contributed by atoms with Gasteiger partial charge < -0.3 is 20.3 Å². The van der Waals surface area contributed by atoms with Gasteiger partial charge in [0.1, 0.15) is 6.04 Å². The maximum Gasteiger partial charge on any atom is 0.127 e. The maximum atomic E-state index is 10.6. The summed E-state index contributed by atoms with van der Waals surface area (Å²) in [5, 5.41) is 33.6. The number of carbonyl (C=O) groups excluding carboxylic acids is 1. The molecule has 1 rings (SSSR count). The van der Waals surface area contributed by atoms with Gasteiger partial charge in [0.25, 0.3) is 0 Å². The quantitative estimate of drug-likeness (QED) is 0.321. The SMILES string of the molecule is C.O=C([O-])C1CCCN1[N+]([O-])=N[O-]. The predicted octanol–water partition coefficient (Wildman–Crippen LogP) is -0.788. The normalized spacial score (nSPS) is 22.6. The second-order valence-corrected chi connectivity index (χ2v) is 2.47. The standard InChI is InChI=1S/C5H9N3O4.CH4/c9-5(10)4-2-1-3-7(4)8(12)6-11;/h4,11H,1-3H2,(H,9,10);1H4/p-2. The van der Waals surface area contributed by atoms with Gasteiger partial charge >= 0.3 is 0 Å². The lowest BCUT2D eigenvalue weighted by molar-refractivity contribution is -0.692. The lowest BCUT2D eigenvalue weighted by Gasteiger charge is -2.21. The van der Waals surface area contributed by atoms with Crippen LogP contribution < -0.4 is 5.11 Å². The van der Waals surface area contributed by atoms with Crippen LogP contribution in [-0.4, -0.2) is 28.5 Å². The van der Waals surface area contributed by atoms with E-state index in [1.807, 2.05) is 0 Å². The van der Waals surface area contributed by atoms with E-state index in [9.17, 15) is 20.3 Å². The fourth-order valence-electron chi connectivity index (χ4n) is 1.24. The summed E-state index contributed by atoms with van der Waals surface area (Å²) in [6.45, 7) is 0.230. The molecular weight excluding hydrogens is 178 g/mol. The molecule has 0 amide bonds. The Kier molecular flexibility index (Phi) is 3.96. The molecule has 1 heterocycles. The zero-order valence-corrected chi connectivity index (χ0v) is 6.17. The van der Waals surface area contributed by atoms with Crippen LogP contribution in [0.5, 0.6) is 0 Å². The van der Waals surface area contributed by atoms with Gasteiger partial charge in [-0.25, -0.2) is 0 Å². The molecule has 0 aliphatic carbocycles. The molecule has 0 radical (unpaired) electrons. The van der Waals surface area contributed by atoms with E-state index in [-0.39, 0.29) is 18.9 Å². The highest BCUT2D eigenvalue weighted by Gasteiger charge is 2.31. The third kappa shape index (κ3) is 2.20. The minimum atomic E-state index is -1.35. The highest BCUT2D eigenvalue weighted by Crippen LogP contribution is 2.16. The van der Waals surface area contributed by atoms with Gasteiger partial charge in [0.2, 0.25) is 0 Å². The molecule has 1 aliphatic rings. The van der Waals surface area contributed by atoms with Crippen molar-refractivity contribution < 1.29 is 14.9 Å². The number of carboxylic acid groups (broad SMARTS) is 1. The molecule has 0 spiro atoms. The molecule has 0 saturated carbocycles. The van der Waals surface area contributed by atoms with Gasteiger partial charge in [-0.05, 0) is 18.1 Å². The van der Waals surface area contributed by atoms with Crippen molar-refractivity contribution in [3.8, 4) is 0 Å². The van der Waals surface area contributed by atoms with Crippen molar-refractivity contribution in [2.75, 3.05) is 6.54 Å². The number of hydrogen-bond acceptors (Lipinski definition) is 5. The number of rotatable bonds is 2. The predicted molar refractivity (Wildman–Crippen MR) is 40.9 cm³/mol. The van der Waals surface area contributed by atoms with Gasteiger partial charge in [0.15, 0.2) is 0 Å². The fourth-order valence-corrected chi connectivity index (χ4v) is 1.24. The van der Waals surface area contributed by atoms with Crippen LogP contribution in [0.15, 0.2) is 5.28 Å². The molecule has 1 atom stereocenters. The van der Waals surface area contributed by atoms with Crippen molar-refractivity contribution in [1.29, 1.82) is 0 Å². The van der Waals surface area contributed by atoms with Gasteiger partial charge in [0.05, 0.1) is 12.5 Å². The van der Waals surface area contributed by atoms with Gasteiger partial charge in [-0.1, -0.05) is 7.43 Å². The zero-order chi connectivity index (χ0) is 9.14. The average molecular weight is 189 g/mol. The molecule has 76 valence electrons. The molecule has 0 bridgehead atoms. The summed E-state index contributed by atoms with van der Waals surface area (Å²) >= 11 is 0. The van der Waals surface area contributed by atoms with E-state index in [1.165, 1.54) is 0 Å². The van der Waals surface area contributed by atoms with E-state index in [1.54, 1.807) is 0 Å². The Hall–Kier alpha value is -1.53. The number of aliphatic carboxylic acids is 1. The lowest BCUT2D eigenvalue weighted by Crippen LogP contribution is -2.46. The van der Waals surface area contributed by atoms with Gasteiger partial charge in [-0.3, -0.25) is 0 Å². The number of hydrazine groups is 1. The van der Waals surface area contributed by atoms with Crippen LogP contribution in [0.25, 0.3) is 0 Å². The van der Waals surface area contributed by atoms with Crippen molar-refractivity contribution >= 4 is 5.97 Å². The summed E-state index contributed by atoms with van der Waals surface area (Å²) in [7, 11) is 0. The van der Waals surface area contributed by atoms with Gasteiger partial charge in [-0.2, -0.15) is 0 Å². The summed E-state index contributed by atoms with van der Waals surface area (Å²) in [5.74, 6) is -1.35. The molecule has 13 heavy (non-hydrogen) atoms. The molecule has 7 heteroatoms. The number of nitrogens with zero attached hydrogens (tertiary/aromatic N) is 3. The molecule has 0 aromatic heterocycles. The highest BCUT2D eigenvalue weighted by atomic mass is 16.6. The average Bonchev–Trinajstić information content (AvgIpc) is 2.50. The zero-order valence-electron chi connectivity index (χ0n) is 6.17. The maximum absolute atomic E-state index is 10.6. The summed E-state index contributed by atoms with van der Waals surface area (Å²) in [4.78, 5) is 10.1. The largest absolute Gasteiger partial charge is 0.737 e. The van der Waals surface area contributed by atoms with E-state index in [0.29, 0.717) is 12.8 Å². The van der Waals surface area contributed by atoms with Crippen molar-refractivity contribution in [1.82, 2.24) is 5.01 Å². The molecule has 7 nitrogen and oxygen atoms in total. The monoisotopic (exact) mass is 189 g/mol. The lowest BCUT2D eigenvalue weighted by atomic mass is 10.2. The molecule has 1 fully saturated rings. The molecule has 0 N–H and O–H groups in total. The summed E-state index contributed by atoms with van der Waals surface area (Å²) < 4.78 is 0. The van der Waals surface area contributed by atoms with E-state index in [0.717, 1.165) is 5.01 Å². The fraction of sp³-hybridized carbons (Fsp3) is 0.833. The van der Waals surface area contributed by atoms with Crippen molar-refractivity contribution in [3.05, 3.63) is 10.4 Å². The topological polar surface area (TPSA) is 105 Å². The van der Waals surface area contributed by atoms with E-state index in [4.69, 9.17) is 0 Å². The Morgan fingerprint density at radius 3 is 2.69 bits per heavy atom. The van der Waals surface area contributed by atoms with Crippen LogP contribution >= 0.6 is 0 Å². The van der Waals surface area contributed by atoms with Crippen LogP contribution in [0, 0.1) is 10.4 Å². The van der Waals surface area contributed by atoms with Gasteiger partial charge in [-0.15, -0.1) is 5.01 Å². The summed E-state index contributed by atoms with van der Waals surface area (Å²) in [6.07, 6.45) is 0.865. The first-order chi connectivity index (χ1) is 5.66. The van der Waals surface area contributed by atoms with Crippen molar-refractivity contribution in [3.63, 3.8) is 0 Å². The van der Waals surface area contributed by atoms with E-state index >= 15 is 0 Å². The minimum Gasteiger partial charge on any atom is -0.737 e. The highest BCUT2D eigenvalue weighted by molar-refractivity contribution is 5.71. The second-order valence-electron chi connectivity index (χ2n) is 2.47. The van der Waals surface area contributed by atoms with Crippen molar-refractivity contribution in [2.45, 2.75) is 26.3 Å². The molecular formula is C6H11N3O4-2. The second kappa shape index (κ2) is 4.48. The minimum absolute atomic E-state index is 0. The Morgan fingerprint density at radius 2 is 2.23 bits per heavy atom. The molecule has 1 aliphatic heterocycles. The number of hydrogen-bond donors (Lipinski definition) is 0. The van der Waals surface area contributed by atoms with Gasteiger partial charge in [0, 0.05) is 4.97 Å². The van der Waals surface area contributed by atoms with Crippen LogP contribution in [0.2, 0.25) is 0 Å². The van der Waals surface area contributed by atoms with Crippen LogP contribution in [0.3, 0.4) is 0 Å². The summed E-state index contributed by atoms with van der Waals surface area (Å²) in [5.41, 5.74) is 0. The van der Waals surface area contributed by atoms with Crippen LogP contribution in [-0.2, 0) is 4.79 Å². The Labute approximate surface area is 75.4 Å². The number of carbonyl (C=O) groups is 1. The first-order valence-electron chi connectivity index (χ1n) is 3.44.